The highest BCUT2D eigenvalue weighted by atomic mass is 16.1. The van der Waals surface area contributed by atoms with Crippen LogP contribution in [-0.2, 0) is 4.79 Å². The van der Waals surface area contributed by atoms with Crippen molar-refractivity contribution in [2.24, 2.45) is 10.8 Å². The molecule has 0 radical (unpaired) electrons. The molecule has 3 aliphatic rings. The molecule has 0 aromatic rings. The van der Waals surface area contributed by atoms with Crippen molar-refractivity contribution >= 4 is 5.78 Å². The molecule has 0 N–H and O–H groups in total. The minimum absolute atomic E-state index is 0.201. The molecular weight excluding hydrogens is 172 g/mol. The van der Waals surface area contributed by atoms with E-state index in [1.165, 1.54) is 17.6 Å². The van der Waals surface area contributed by atoms with E-state index in [4.69, 9.17) is 0 Å². The molecule has 74 valence electrons. The summed E-state index contributed by atoms with van der Waals surface area (Å²) in [5.41, 5.74) is 2.56. The molecule has 0 unspecified atom stereocenters. The van der Waals surface area contributed by atoms with Gasteiger partial charge in [-0.1, -0.05) is 23.8 Å². The quantitative estimate of drug-likeness (QED) is 0.534. The predicted molar refractivity (Wildman–Crippen MR) is 55.9 cm³/mol. The van der Waals surface area contributed by atoms with Gasteiger partial charge in [-0.2, -0.15) is 0 Å². The van der Waals surface area contributed by atoms with E-state index in [1.54, 1.807) is 0 Å². The summed E-state index contributed by atoms with van der Waals surface area (Å²) in [5.74, 6) is 0.450. The van der Waals surface area contributed by atoms with Crippen LogP contribution in [0.5, 0.6) is 0 Å². The van der Waals surface area contributed by atoms with Gasteiger partial charge in [0, 0.05) is 6.42 Å². The fourth-order valence-electron chi connectivity index (χ4n) is 4.26. The van der Waals surface area contributed by atoms with Crippen LogP contribution in [-0.4, -0.2) is 5.78 Å². The molecule has 0 aromatic heterocycles. The van der Waals surface area contributed by atoms with Gasteiger partial charge < -0.3 is 0 Å². The van der Waals surface area contributed by atoms with E-state index in [2.05, 4.69) is 19.6 Å². The van der Waals surface area contributed by atoms with E-state index in [1.807, 2.05) is 0 Å². The molecule has 2 fully saturated rings. The maximum atomic E-state index is 12.2. The molecule has 0 aromatic carbocycles. The minimum Gasteiger partial charge on any atom is -0.298 e. The third kappa shape index (κ3) is 0.589. The van der Waals surface area contributed by atoms with Crippen LogP contribution in [0, 0.1) is 10.8 Å². The lowest BCUT2D eigenvalue weighted by Crippen LogP contribution is -2.35. The highest BCUT2D eigenvalue weighted by Crippen LogP contribution is 2.70. The first-order valence-electron chi connectivity index (χ1n) is 5.52. The van der Waals surface area contributed by atoms with Crippen molar-refractivity contribution < 1.29 is 4.79 Å². The minimum atomic E-state index is -0.201. The Morgan fingerprint density at radius 2 is 2.07 bits per heavy atom. The van der Waals surface area contributed by atoms with Gasteiger partial charge in [-0.25, -0.2) is 0 Å². The second-order valence-electron chi connectivity index (χ2n) is 5.15. The second kappa shape index (κ2) is 2.21. The van der Waals surface area contributed by atoms with Crippen molar-refractivity contribution in [2.75, 3.05) is 0 Å². The monoisotopic (exact) mass is 188 g/mol. The normalized spacial score (nSPS) is 45.4. The van der Waals surface area contributed by atoms with Gasteiger partial charge in [0.2, 0.25) is 0 Å². The molecule has 1 nitrogen and oxygen atoms in total. The van der Waals surface area contributed by atoms with Gasteiger partial charge in [-0.05, 0) is 38.0 Å². The highest BCUT2D eigenvalue weighted by Gasteiger charge is 2.66. The average Bonchev–Trinajstić information content (AvgIpc) is 2.71. The van der Waals surface area contributed by atoms with Crippen LogP contribution in [0.3, 0.4) is 0 Å². The Kier molecular flexibility index (Phi) is 1.33. The van der Waals surface area contributed by atoms with Crippen molar-refractivity contribution in [1.82, 2.24) is 0 Å². The van der Waals surface area contributed by atoms with E-state index in [0.29, 0.717) is 5.78 Å². The van der Waals surface area contributed by atoms with E-state index in [0.717, 1.165) is 25.7 Å². The molecule has 2 atom stereocenters. The van der Waals surface area contributed by atoms with Gasteiger partial charge >= 0.3 is 0 Å². The van der Waals surface area contributed by atoms with E-state index in [-0.39, 0.29) is 10.8 Å². The Balaban J connectivity index is 2.28. The van der Waals surface area contributed by atoms with Crippen LogP contribution < -0.4 is 0 Å². The summed E-state index contributed by atoms with van der Waals surface area (Å²) in [4.78, 5) is 12.2. The number of ketones is 1. The molecule has 0 amide bonds. The standard InChI is InChI=1S/C13H16O/c1-9-3-6-12-7-4-10(2)13(9,12)11(14)5-8-12/h4H,1,3,5-8H2,2H3/t12-,13+/m0/s1. The Morgan fingerprint density at radius 3 is 2.79 bits per heavy atom. The third-order valence-corrected chi connectivity index (χ3v) is 4.87. The lowest BCUT2D eigenvalue weighted by atomic mass is 9.66. The zero-order valence-corrected chi connectivity index (χ0v) is 8.73. The summed E-state index contributed by atoms with van der Waals surface area (Å²) < 4.78 is 0. The highest BCUT2D eigenvalue weighted by molar-refractivity contribution is 5.96. The zero-order chi connectivity index (χ0) is 9.97. The van der Waals surface area contributed by atoms with Gasteiger partial charge in [-0.3, -0.25) is 4.79 Å². The van der Waals surface area contributed by atoms with Crippen LogP contribution in [0.25, 0.3) is 0 Å². The molecular formula is C13H16O. The lowest BCUT2D eigenvalue weighted by molar-refractivity contribution is -0.124. The number of carbonyl (C=O) groups excluding carboxylic acids is 1. The van der Waals surface area contributed by atoms with Crippen molar-refractivity contribution in [3.8, 4) is 0 Å². The van der Waals surface area contributed by atoms with E-state index >= 15 is 0 Å². The van der Waals surface area contributed by atoms with Crippen molar-refractivity contribution in [3.05, 3.63) is 23.8 Å². The summed E-state index contributed by atoms with van der Waals surface area (Å²) in [7, 11) is 0. The van der Waals surface area contributed by atoms with Gasteiger partial charge in [0.05, 0.1) is 5.41 Å². The maximum Gasteiger partial charge on any atom is 0.147 e. The van der Waals surface area contributed by atoms with Gasteiger partial charge in [0.25, 0.3) is 0 Å². The van der Waals surface area contributed by atoms with Crippen LogP contribution in [0.2, 0.25) is 0 Å². The van der Waals surface area contributed by atoms with Crippen LogP contribution in [0.4, 0.5) is 0 Å². The second-order valence-corrected chi connectivity index (χ2v) is 5.15. The smallest absolute Gasteiger partial charge is 0.147 e. The lowest BCUT2D eigenvalue weighted by Gasteiger charge is -2.35. The summed E-state index contributed by atoms with van der Waals surface area (Å²) in [6, 6.07) is 0. The van der Waals surface area contributed by atoms with Gasteiger partial charge in [0.1, 0.15) is 5.78 Å². The molecule has 0 heterocycles. The van der Waals surface area contributed by atoms with Gasteiger partial charge in [0.15, 0.2) is 0 Å². The SMILES string of the molecule is C=C1CC[C@@]23CC=C(C)[C@@]12C(=O)CC3. The molecule has 3 aliphatic carbocycles. The Hall–Kier alpha value is -0.850. The first-order chi connectivity index (χ1) is 6.63. The Morgan fingerprint density at radius 1 is 1.36 bits per heavy atom. The third-order valence-electron chi connectivity index (χ3n) is 4.87. The first kappa shape index (κ1) is 8.46. The fourth-order valence-corrected chi connectivity index (χ4v) is 4.26. The predicted octanol–water partition coefficient (Wildman–Crippen LogP) is 3.02. The van der Waals surface area contributed by atoms with Crippen molar-refractivity contribution in [2.45, 2.75) is 39.0 Å². The van der Waals surface area contributed by atoms with Crippen molar-refractivity contribution in [1.29, 1.82) is 0 Å². The molecule has 3 rings (SSSR count). The average molecular weight is 188 g/mol. The molecule has 1 heteroatoms. The molecule has 2 saturated carbocycles. The van der Waals surface area contributed by atoms with Crippen molar-refractivity contribution in [3.63, 3.8) is 0 Å². The van der Waals surface area contributed by atoms with Gasteiger partial charge in [-0.15, -0.1) is 0 Å². The molecule has 0 spiro atoms. The Bertz CT molecular complexity index is 353. The molecule has 0 aliphatic heterocycles. The molecule has 0 bridgehead atoms. The number of carbonyl (C=O) groups is 1. The number of hydrogen-bond donors (Lipinski definition) is 0. The summed E-state index contributed by atoms with van der Waals surface area (Å²) in [6.45, 7) is 6.29. The maximum absolute atomic E-state index is 12.2. The number of hydrogen-bond acceptors (Lipinski definition) is 1. The first-order valence-corrected chi connectivity index (χ1v) is 5.52. The number of rotatable bonds is 0. The largest absolute Gasteiger partial charge is 0.298 e. The molecule has 14 heavy (non-hydrogen) atoms. The van der Waals surface area contributed by atoms with Crippen LogP contribution in [0.15, 0.2) is 23.8 Å². The molecule has 0 saturated heterocycles. The summed E-state index contributed by atoms with van der Waals surface area (Å²) in [6.07, 6.45) is 7.52. The van der Waals surface area contributed by atoms with E-state index < -0.39 is 0 Å². The number of allylic oxidation sites excluding steroid dienone is 3. The summed E-state index contributed by atoms with van der Waals surface area (Å²) >= 11 is 0. The number of Topliss-reactive ketones (excluding diaryl/α,β-unsaturated/α-hetero) is 1. The topological polar surface area (TPSA) is 17.1 Å². The van der Waals surface area contributed by atoms with Crippen LogP contribution in [0.1, 0.15) is 39.0 Å². The Labute approximate surface area is 84.9 Å². The zero-order valence-electron chi connectivity index (χ0n) is 8.73. The fraction of sp³-hybridized carbons (Fsp3) is 0.615. The summed E-state index contributed by atoms with van der Waals surface area (Å²) in [5, 5.41) is 0. The van der Waals surface area contributed by atoms with Crippen LogP contribution >= 0.6 is 0 Å². The van der Waals surface area contributed by atoms with E-state index in [9.17, 15) is 4.79 Å².